The molecule has 0 saturated carbocycles. The molecule has 0 aromatic heterocycles. The summed E-state index contributed by atoms with van der Waals surface area (Å²) in [6, 6.07) is 0. The van der Waals surface area contributed by atoms with E-state index in [-0.39, 0.29) is 32.6 Å². The maximum atomic E-state index is 10.5. The van der Waals surface area contributed by atoms with Crippen molar-refractivity contribution in [1.82, 2.24) is 9.80 Å². The van der Waals surface area contributed by atoms with Crippen molar-refractivity contribution in [3.8, 4) is 0 Å². The van der Waals surface area contributed by atoms with Gasteiger partial charge in [0, 0.05) is 45.7 Å². The number of hydrogen-bond donors (Lipinski definition) is 2. The number of carboxylic acid groups (broad SMARTS) is 4. The van der Waals surface area contributed by atoms with E-state index < -0.39 is 50.1 Å². The third-order valence-corrected chi connectivity index (χ3v) is 2.16. The summed E-state index contributed by atoms with van der Waals surface area (Å²) < 4.78 is 0. The number of rotatable bonds is 11. The molecule has 0 bridgehead atoms. The van der Waals surface area contributed by atoms with Gasteiger partial charge in [-0.05, 0) is 0 Å². The summed E-state index contributed by atoms with van der Waals surface area (Å²) in [5.41, 5.74) is 0. The minimum Gasteiger partial charge on any atom is -0.549 e. The van der Waals surface area contributed by atoms with Gasteiger partial charge >= 0.3 is 11.9 Å². The van der Waals surface area contributed by atoms with Gasteiger partial charge in [-0.15, -0.1) is 0 Å². The molecule has 21 heavy (non-hydrogen) atoms. The summed E-state index contributed by atoms with van der Waals surface area (Å²) in [6.45, 7) is -2.75. The van der Waals surface area contributed by atoms with Crippen LogP contribution in [0.25, 0.3) is 0 Å². The van der Waals surface area contributed by atoms with E-state index in [1.807, 2.05) is 0 Å². The number of nitrogens with zero attached hydrogens (tertiary/aromatic N) is 2. The van der Waals surface area contributed by atoms with Crippen molar-refractivity contribution in [2.24, 2.45) is 0 Å². The van der Waals surface area contributed by atoms with Crippen LogP contribution in [0.2, 0.25) is 0 Å². The monoisotopic (exact) mass is 354 g/mol. The summed E-state index contributed by atoms with van der Waals surface area (Å²) in [7, 11) is 0. The van der Waals surface area contributed by atoms with Crippen LogP contribution >= 0.6 is 0 Å². The summed E-state index contributed by atoms with van der Waals surface area (Å²) in [5, 5.41) is 38.0. The van der Waals surface area contributed by atoms with Gasteiger partial charge in [0.1, 0.15) is 0 Å². The van der Waals surface area contributed by atoms with Crippen molar-refractivity contribution in [3.05, 3.63) is 0 Å². The van der Waals surface area contributed by atoms with E-state index in [1.165, 1.54) is 0 Å². The Kier molecular flexibility index (Phi) is 11.5. The van der Waals surface area contributed by atoms with Crippen molar-refractivity contribution < 1.29 is 59.1 Å². The molecular weight excluding hydrogens is 342 g/mol. The van der Waals surface area contributed by atoms with Crippen LogP contribution in [-0.4, -0.2) is 83.2 Å². The Balaban J connectivity index is 0. The number of carboxylic acids is 4. The summed E-state index contributed by atoms with van der Waals surface area (Å²) in [4.78, 5) is 43.9. The first-order valence-corrected chi connectivity index (χ1v) is 5.48. The van der Waals surface area contributed by atoms with Crippen LogP contribution in [0.15, 0.2) is 0 Å². The first-order valence-electron chi connectivity index (χ1n) is 5.48. The average Bonchev–Trinajstić information content (AvgIpc) is 2.22. The van der Waals surface area contributed by atoms with E-state index in [2.05, 4.69) is 0 Å². The molecule has 0 saturated heterocycles. The van der Waals surface area contributed by atoms with Crippen LogP contribution in [0.3, 0.4) is 0 Å². The zero-order chi connectivity index (χ0) is 15.7. The van der Waals surface area contributed by atoms with Crippen molar-refractivity contribution in [2.45, 2.75) is 0 Å². The minimum absolute atomic E-state index is 0. The molecule has 0 heterocycles. The number of hydrogen-bond acceptors (Lipinski definition) is 8. The molecule has 0 fully saturated rings. The second kappa shape index (κ2) is 11.1. The Morgan fingerprint density at radius 3 is 1.24 bits per heavy atom. The maximum Gasteiger partial charge on any atom is 0.317 e. The van der Waals surface area contributed by atoms with E-state index in [9.17, 15) is 29.4 Å². The fraction of sp³-hybridized carbons (Fsp3) is 0.600. The Bertz CT molecular complexity index is 321. The van der Waals surface area contributed by atoms with Gasteiger partial charge in [0.2, 0.25) is 0 Å². The van der Waals surface area contributed by atoms with Gasteiger partial charge in [-0.2, -0.15) is 0 Å². The normalized spacial score (nSPS) is 10.2. The van der Waals surface area contributed by atoms with Crippen molar-refractivity contribution in [1.29, 1.82) is 0 Å². The molecule has 0 spiro atoms. The molecule has 10 nitrogen and oxygen atoms in total. The largest absolute Gasteiger partial charge is 0.549 e. The Labute approximate surface area is 132 Å². The number of carbonyl (C=O) groups excluding carboxylic acids is 2. The van der Waals surface area contributed by atoms with Gasteiger partial charge in [0.15, 0.2) is 0 Å². The van der Waals surface area contributed by atoms with Crippen molar-refractivity contribution in [2.75, 3.05) is 39.3 Å². The van der Waals surface area contributed by atoms with Crippen LogP contribution in [0.4, 0.5) is 0 Å². The minimum atomic E-state index is -1.51. The van der Waals surface area contributed by atoms with Crippen molar-refractivity contribution >= 4 is 23.9 Å². The van der Waals surface area contributed by atoms with Gasteiger partial charge in [-0.3, -0.25) is 19.4 Å². The smallest absolute Gasteiger partial charge is 0.317 e. The van der Waals surface area contributed by atoms with Crippen LogP contribution in [-0.2, 0) is 38.7 Å². The van der Waals surface area contributed by atoms with Gasteiger partial charge in [-0.25, -0.2) is 0 Å². The zero-order valence-corrected chi connectivity index (χ0v) is 14.2. The predicted octanol–water partition coefficient (Wildman–Crippen LogP) is -4.74. The van der Waals surface area contributed by atoms with Crippen molar-refractivity contribution in [3.63, 3.8) is 0 Å². The zero-order valence-electron chi connectivity index (χ0n) is 11.2. The molecular formula is C10H14N2O8Zn-2. The van der Waals surface area contributed by atoms with Gasteiger partial charge in [-0.1, -0.05) is 0 Å². The second-order valence-corrected chi connectivity index (χ2v) is 3.95. The molecule has 0 rings (SSSR count). The summed E-state index contributed by atoms with van der Waals surface area (Å²) >= 11 is 0. The molecule has 116 valence electrons. The van der Waals surface area contributed by atoms with E-state index >= 15 is 0 Å². The Morgan fingerprint density at radius 2 is 1.00 bits per heavy atom. The molecule has 0 atom stereocenters. The first kappa shape index (κ1) is 21.7. The molecule has 0 radical (unpaired) electrons. The average molecular weight is 356 g/mol. The van der Waals surface area contributed by atoms with E-state index in [0.29, 0.717) is 0 Å². The summed E-state index contributed by atoms with van der Waals surface area (Å²) in [6.07, 6.45) is 0. The van der Waals surface area contributed by atoms with Crippen LogP contribution < -0.4 is 10.2 Å². The third kappa shape index (κ3) is 13.2. The van der Waals surface area contributed by atoms with Crippen LogP contribution in [0.1, 0.15) is 0 Å². The number of aliphatic carboxylic acids is 4. The molecule has 2 N–H and O–H groups in total. The van der Waals surface area contributed by atoms with E-state index in [1.54, 1.807) is 0 Å². The first-order chi connectivity index (χ1) is 9.20. The predicted molar refractivity (Wildman–Crippen MR) is 58.2 cm³/mol. The van der Waals surface area contributed by atoms with Gasteiger partial charge < -0.3 is 30.0 Å². The van der Waals surface area contributed by atoms with E-state index in [4.69, 9.17) is 10.2 Å². The topological polar surface area (TPSA) is 161 Å². The third-order valence-electron chi connectivity index (χ3n) is 2.16. The maximum absolute atomic E-state index is 10.5. The molecule has 0 aliphatic carbocycles. The summed E-state index contributed by atoms with van der Waals surface area (Å²) in [5.74, 6) is -5.52. The SMILES string of the molecule is O=C([O-])CN(CCN(CC(=O)O)CC(=O)O)CC(=O)[O-].[Zn]. The molecule has 0 aromatic rings. The van der Waals surface area contributed by atoms with E-state index in [0.717, 1.165) is 9.80 Å². The number of carbonyl (C=O) groups is 4. The van der Waals surface area contributed by atoms with Gasteiger partial charge in [0.25, 0.3) is 0 Å². The quantitative estimate of drug-likeness (QED) is 0.344. The standard InChI is InChI=1S/C10H16N2O8.Zn/c13-7(14)3-11(4-8(15)16)1-2-12(5-9(17)18)6-10(19)20;/h1-6H2,(H,13,14)(H,15,16)(H,17,18)(H,19,20);/p-2. The molecule has 0 aliphatic heterocycles. The van der Waals surface area contributed by atoms with Crippen LogP contribution in [0.5, 0.6) is 0 Å². The molecule has 0 amide bonds. The molecule has 0 aliphatic rings. The Morgan fingerprint density at radius 1 is 0.714 bits per heavy atom. The van der Waals surface area contributed by atoms with Gasteiger partial charge in [0.05, 0.1) is 25.0 Å². The Hall–Kier alpha value is -1.58. The molecule has 0 aromatic carbocycles. The fourth-order valence-electron chi connectivity index (χ4n) is 1.46. The fourth-order valence-corrected chi connectivity index (χ4v) is 1.46. The van der Waals surface area contributed by atoms with Crippen LogP contribution in [0, 0.1) is 0 Å². The molecule has 0 unspecified atom stereocenters. The molecule has 11 heteroatoms. The second-order valence-electron chi connectivity index (χ2n) is 3.95.